The minimum atomic E-state index is -1.81. The van der Waals surface area contributed by atoms with E-state index < -0.39 is 43.0 Å². The monoisotopic (exact) mass is 207 g/mol. The molecule has 1 rings (SSSR count). The van der Waals surface area contributed by atoms with Gasteiger partial charge in [0.2, 0.25) is 0 Å². The Morgan fingerprint density at radius 3 is 2.14 bits per heavy atom. The Morgan fingerprint density at radius 1 is 1.07 bits per heavy atom. The summed E-state index contributed by atoms with van der Waals surface area (Å²) in [7, 11) is 0. The van der Waals surface area contributed by atoms with Crippen LogP contribution in [0.15, 0.2) is 0 Å². The summed E-state index contributed by atoms with van der Waals surface area (Å²) in [5.74, 6) is -0.938. The first-order chi connectivity index (χ1) is 6.49. The predicted molar refractivity (Wildman–Crippen MR) is 43.0 cm³/mol. The van der Waals surface area contributed by atoms with E-state index in [1.165, 1.54) is 0 Å². The highest BCUT2D eigenvalue weighted by Crippen LogP contribution is 2.12. The molecular formula is C7H13NO6. The van der Waals surface area contributed by atoms with Gasteiger partial charge >= 0.3 is 0 Å². The highest BCUT2D eigenvalue weighted by atomic mass is 16.4. The molecule has 0 aromatic heterocycles. The summed E-state index contributed by atoms with van der Waals surface area (Å²) < 4.78 is 0. The first-order valence-electron chi connectivity index (χ1n) is 4.12. The normalized spacial score (nSPS) is 44.4. The van der Waals surface area contributed by atoms with Crippen molar-refractivity contribution in [1.82, 2.24) is 5.32 Å². The molecule has 0 aromatic rings. The van der Waals surface area contributed by atoms with Crippen LogP contribution in [0.3, 0.4) is 0 Å². The number of amides is 1. The molecule has 0 aromatic carbocycles. The fourth-order valence-corrected chi connectivity index (χ4v) is 1.29. The topological polar surface area (TPSA) is 130 Å². The first kappa shape index (κ1) is 11.3. The molecule has 7 nitrogen and oxygen atoms in total. The van der Waals surface area contributed by atoms with Gasteiger partial charge in [0, 0.05) is 0 Å². The van der Waals surface area contributed by atoms with Crippen LogP contribution in [-0.2, 0) is 4.79 Å². The van der Waals surface area contributed by atoms with Crippen molar-refractivity contribution < 1.29 is 30.3 Å². The Bertz CT molecular complexity index is 220. The number of nitrogens with one attached hydrogen (secondary N) is 1. The molecule has 1 fully saturated rings. The largest absolute Gasteiger partial charge is 0.394 e. The van der Waals surface area contributed by atoms with E-state index in [4.69, 9.17) is 10.2 Å². The van der Waals surface area contributed by atoms with Gasteiger partial charge in [0.25, 0.3) is 5.91 Å². The zero-order valence-electron chi connectivity index (χ0n) is 7.24. The van der Waals surface area contributed by atoms with Crippen molar-refractivity contribution in [3.05, 3.63) is 0 Å². The molecule has 1 aliphatic rings. The number of rotatable bonds is 1. The van der Waals surface area contributed by atoms with Crippen LogP contribution in [0.25, 0.3) is 0 Å². The number of aliphatic hydroxyl groups is 5. The third-order valence-electron chi connectivity index (χ3n) is 2.23. The Labute approximate surface area is 79.6 Å². The molecule has 1 aliphatic heterocycles. The molecule has 0 radical (unpaired) electrons. The lowest BCUT2D eigenvalue weighted by Gasteiger charge is -2.23. The zero-order valence-corrected chi connectivity index (χ0v) is 7.24. The van der Waals surface area contributed by atoms with Gasteiger partial charge in [-0.1, -0.05) is 0 Å². The Balaban J connectivity index is 2.87. The molecule has 0 saturated carbocycles. The first-order valence-corrected chi connectivity index (χ1v) is 4.12. The summed E-state index contributed by atoms with van der Waals surface area (Å²) >= 11 is 0. The summed E-state index contributed by atoms with van der Waals surface area (Å²) in [5.41, 5.74) is 0. The molecule has 5 atom stereocenters. The number of carbonyl (C=O) groups is 1. The van der Waals surface area contributed by atoms with Gasteiger partial charge in [0.15, 0.2) is 6.10 Å². The minimum Gasteiger partial charge on any atom is -0.394 e. The lowest BCUT2D eigenvalue weighted by atomic mass is 10.0. The summed E-state index contributed by atoms with van der Waals surface area (Å²) in [4.78, 5) is 11.0. The van der Waals surface area contributed by atoms with Crippen LogP contribution in [0.2, 0.25) is 0 Å². The molecule has 6 N–H and O–H groups in total. The van der Waals surface area contributed by atoms with Crippen LogP contribution >= 0.6 is 0 Å². The number of hydrogen-bond acceptors (Lipinski definition) is 6. The van der Waals surface area contributed by atoms with Gasteiger partial charge in [0.05, 0.1) is 12.6 Å². The maximum Gasteiger partial charge on any atom is 0.252 e. The quantitative estimate of drug-likeness (QED) is 0.259. The second kappa shape index (κ2) is 4.20. The zero-order chi connectivity index (χ0) is 10.9. The van der Waals surface area contributed by atoms with E-state index in [1.54, 1.807) is 0 Å². The van der Waals surface area contributed by atoms with Gasteiger partial charge in [-0.3, -0.25) is 4.79 Å². The van der Waals surface area contributed by atoms with Crippen LogP contribution in [0.4, 0.5) is 0 Å². The van der Waals surface area contributed by atoms with E-state index >= 15 is 0 Å². The van der Waals surface area contributed by atoms with Crippen molar-refractivity contribution in [3.8, 4) is 0 Å². The van der Waals surface area contributed by atoms with Gasteiger partial charge < -0.3 is 30.8 Å². The maximum atomic E-state index is 11.0. The van der Waals surface area contributed by atoms with Crippen LogP contribution < -0.4 is 5.32 Å². The summed E-state index contributed by atoms with van der Waals surface area (Å²) in [6.45, 7) is -0.594. The molecule has 0 aliphatic carbocycles. The summed E-state index contributed by atoms with van der Waals surface area (Å²) in [5, 5.41) is 47.7. The van der Waals surface area contributed by atoms with Crippen molar-refractivity contribution in [2.75, 3.05) is 6.61 Å². The van der Waals surface area contributed by atoms with Crippen LogP contribution in [0, 0.1) is 0 Å². The maximum absolute atomic E-state index is 11.0. The smallest absolute Gasteiger partial charge is 0.252 e. The van der Waals surface area contributed by atoms with E-state index in [9.17, 15) is 20.1 Å². The fourth-order valence-electron chi connectivity index (χ4n) is 1.29. The van der Waals surface area contributed by atoms with E-state index in [0.29, 0.717) is 0 Å². The van der Waals surface area contributed by atoms with Gasteiger partial charge in [-0.15, -0.1) is 0 Å². The summed E-state index contributed by atoms with van der Waals surface area (Å²) in [6.07, 6.45) is -6.77. The van der Waals surface area contributed by atoms with Crippen molar-refractivity contribution in [2.45, 2.75) is 30.5 Å². The second-order valence-electron chi connectivity index (χ2n) is 3.21. The van der Waals surface area contributed by atoms with E-state index in [0.717, 1.165) is 0 Å². The lowest BCUT2D eigenvalue weighted by molar-refractivity contribution is -0.139. The number of hydrogen-bond donors (Lipinski definition) is 6. The average Bonchev–Trinajstić information content (AvgIpc) is 2.25. The Kier molecular flexibility index (Phi) is 3.40. The van der Waals surface area contributed by atoms with E-state index in [1.807, 2.05) is 0 Å². The Hall–Kier alpha value is -0.730. The van der Waals surface area contributed by atoms with Gasteiger partial charge in [-0.25, -0.2) is 0 Å². The van der Waals surface area contributed by atoms with E-state index in [2.05, 4.69) is 5.32 Å². The molecule has 7 heteroatoms. The third kappa shape index (κ3) is 1.86. The molecule has 82 valence electrons. The SMILES string of the molecule is O=C1NC(CO)C(O)C(O)C(O)C1O. The van der Waals surface area contributed by atoms with Crippen LogP contribution in [0.5, 0.6) is 0 Å². The third-order valence-corrected chi connectivity index (χ3v) is 2.23. The van der Waals surface area contributed by atoms with Crippen molar-refractivity contribution >= 4 is 5.91 Å². The van der Waals surface area contributed by atoms with Crippen LogP contribution in [-0.4, -0.2) is 68.5 Å². The predicted octanol–water partition coefficient (Wildman–Crippen LogP) is -4.08. The molecule has 5 unspecified atom stereocenters. The van der Waals surface area contributed by atoms with Crippen LogP contribution in [0.1, 0.15) is 0 Å². The van der Waals surface area contributed by atoms with Crippen molar-refractivity contribution in [2.24, 2.45) is 0 Å². The van der Waals surface area contributed by atoms with Gasteiger partial charge in [0.1, 0.15) is 18.3 Å². The highest BCUT2D eigenvalue weighted by molar-refractivity contribution is 5.82. The number of aliphatic hydroxyl groups excluding tert-OH is 5. The molecule has 1 saturated heterocycles. The average molecular weight is 207 g/mol. The van der Waals surface area contributed by atoms with E-state index in [-0.39, 0.29) is 0 Å². The molecule has 14 heavy (non-hydrogen) atoms. The highest BCUT2D eigenvalue weighted by Gasteiger charge is 2.42. The fraction of sp³-hybridized carbons (Fsp3) is 0.857. The van der Waals surface area contributed by atoms with Gasteiger partial charge in [-0.05, 0) is 0 Å². The van der Waals surface area contributed by atoms with Gasteiger partial charge in [-0.2, -0.15) is 0 Å². The second-order valence-corrected chi connectivity index (χ2v) is 3.21. The molecule has 0 spiro atoms. The molecular weight excluding hydrogens is 194 g/mol. The van der Waals surface area contributed by atoms with Crippen molar-refractivity contribution in [1.29, 1.82) is 0 Å². The molecule has 1 amide bonds. The minimum absolute atomic E-state index is 0.594. The summed E-state index contributed by atoms with van der Waals surface area (Å²) in [6, 6.07) is -1.09. The number of carbonyl (C=O) groups excluding carboxylic acids is 1. The standard InChI is InChI=1S/C7H13NO6/c9-1-2-3(10)4(11)5(12)6(13)7(14)8-2/h2-6,9-13H,1H2,(H,8,14). The Morgan fingerprint density at radius 2 is 1.64 bits per heavy atom. The molecule has 0 bridgehead atoms. The molecule has 1 heterocycles. The lowest BCUT2D eigenvalue weighted by Crippen LogP contribution is -2.49. The van der Waals surface area contributed by atoms with Crippen molar-refractivity contribution in [3.63, 3.8) is 0 Å².